The van der Waals surface area contributed by atoms with E-state index >= 15 is 0 Å². The summed E-state index contributed by atoms with van der Waals surface area (Å²) < 4.78 is 5.19. The van der Waals surface area contributed by atoms with E-state index in [1.165, 1.54) is 25.7 Å². The molecular weight excluding hydrogens is 186 g/mol. The zero-order valence-electron chi connectivity index (χ0n) is 10.6. The highest BCUT2D eigenvalue weighted by molar-refractivity contribution is 4.87. The molecule has 1 rings (SSSR count). The Kier molecular flexibility index (Phi) is 5.07. The van der Waals surface area contributed by atoms with Gasteiger partial charge in [-0.25, -0.2) is 0 Å². The minimum absolute atomic E-state index is 0.390. The van der Waals surface area contributed by atoms with Crippen molar-refractivity contribution in [2.24, 2.45) is 23.0 Å². The fourth-order valence-corrected chi connectivity index (χ4v) is 2.79. The summed E-state index contributed by atoms with van der Waals surface area (Å²) in [6, 6.07) is 0. The average Bonchev–Trinajstić information content (AvgIpc) is 2.27. The van der Waals surface area contributed by atoms with Crippen LogP contribution in [0.5, 0.6) is 0 Å². The molecule has 0 saturated heterocycles. The van der Waals surface area contributed by atoms with Crippen molar-refractivity contribution < 1.29 is 4.74 Å². The number of nitrogens with two attached hydrogens (primary N) is 1. The van der Waals surface area contributed by atoms with Gasteiger partial charge in [-0.2, -0.15) is 0 Å². The molecule has 0 amide bonds. The van der Waals surface area contributed by atoms with Crippen molar-refractivity contribution in [2.75, 3.05) is 20.3 Å². The third-order valence-corrected chi connectivity index (χ3v) is 4.30. The summed E-state index contributed by atoms with van der Waals surface area (Å²) >= 11 is 0. The fraction of sp³-hybridized carbons (Fsp3) is 1.00. The first-order chi connectivity index (χ1) is 7.13. The molecule has 1 aliphatic carbocycles. The first kappa shape index (κ1) is 13.0. The average molecular weight is 213 g/mol. The van der Waals surface area contributed by atoms with E-state index in [0.717, 1.165) is 31.4 Å². The van der Waals surface area contributed by atoms with Crippen LogP contribution in [0.15, 0.2) is 0 Å². The third kappa shape index (κ3) is 3.46. The molecule has 0 radical (unpaired) electrons. The molecule has 0 atom stereocenters. The first-order valence-corrected chi connectivity index (χ1v) is 6.32. The molecule has 0 unspecified atom stereocenters. The number of methoxy groups -OCH3 is 1. The van der Waals surface area contributed by atoms with Gasteiger partial charge >= 0.3 is 0 Å². The topological polar surface area (TPSA) is 35.2 Å². The van der Waals surface area contributed by atoms with E-state index in [2.05, 4.69) is 13.8 Å². The molecular formula is C13H27NO. The van der Waals surface area contributed by atoms with Gasteiger partial charge in [-0.1, -0.05) is 13.8 Å². The maximum absolute atomic E-state index is 5.95. The largest absolute Gasteiger partial charge is 0.385 e. The van der Waals surface area contributed by atoms with Gasteiger partial charge in [0.05, 0.1) is 0 Å². The second-order valence-electron chi connectivity index (χ2n) is 5.53. The second-order valence-corrected chi connectivity index (χ2v) is 5.53. The summed E-state index contributed by atoms with van der Waals surface area (Å²) in [6.45, 7) is 6.38. The van der Waals surface area contributed by atoms with Crippen LogP contribution in [0.25, 0.3) is 0 Å². The molecule has 1 aliphatic rings. The Bertz CT molecular complexity index is 171. The monoisotopic (exact) mass is 213 g/mol. The predicted molar refractivity (Wildman–Crippen MR) is 64.8 cm³/mol. The molecule has 0 heterocycles. The molecule has 0 aromatic rings. The van der Waals surface area contributed by atoms with Gasteiger partial charge in [0.15, 0.2) is 0 Å². The van der Waals surface area contributed by atoms with Crippen LogP contribution in [-0.2, 0) is 4.74 Å². The molecule has 0 aromatic heterocycles. The summed E-state index contributed by atoms with van der Waals surface area (Å²) in [7, 11) is 1.78. The summed E-state index contributed by atoms with van der Waals surface area (Å²) in [6.07, 6.45) is 6.47. The van der Waals surface area contributed by atoms with Gasteiger partial charge in [0.1, 0.15) is 0 Å². The van der Waals surface area contributed by atoms with Crippen molar-refractivity contribution >= 4 is 0 Å². The maximum atomic E-state index is 5.95. The smallest absolute Gasteiger partial charge is 0.0468 e. The normalized spacial score (nSPS) is 32.2. The minimum Gasteiger partial charge on any atom is -0.385 e. The van der Waals surface area contributed by atoms with E-state index in [1.807, 2.05) is 0 Å². The van der Waals surface area contributed by atoms with Gasteiger partial charge in [-0.05, 0) is 55.9 Å². The molecule has 0 aromatic carbocycles. The van der Waals surface area contributed by atoms with Crippen LogP contribution in [0, 0.1) is 17.3 Å². The van der Waals surface area contributed by atoms with E-state index in [9.17, 15) is 0 Å². The lowest BCUT2D eigenvalue weighted by molar-refractivity contribution is 0.0817. The van der Waals surface area contributed by atoms with E-state index in [0.29, 0.717) is 5.41 Å². The van der Waals surface area contributed by atoms with Crippen LogP contribution < -0.4 is 5.73 Å². The highest BCUT2D eigenvalue weighted by Gasteiger charge is 2.34. The van der Waals surface area contributed by atoms with Gasteiger partial charge in [-0.15, -0.1) is 0 Å². The first-order valence-electron chi connectivity index (χ1n) is 6.32. The van der Waals surface area contributed by atoms with Gasteiger partial charge < -0.3 is 10.5 Å². The zero-order chi connectivity index (χ0) is 11.3. The molecule has 15 heavy (non-hydrogen) atoms. The van der Waals surface area contributed by atoms with Crippen LogP contribution in [0.2, 0.25) is 0 Å². The van der Waals surface area contributed by atoms with E-state index in [4.69, 9.17) is 10.5 Å². The van der Waals surface area contributed by atoms with Crippen LogP contribution in [-0.4, -0.2) is 20.3 Å². The molecule has 1 fully saturated rings. The minimum atomic E-state index is 0.390. The molecule has 1 saturated carbocycles. The lowest BCUT2D eigenvalue weighted by Gasteiger charge is -2.40. The van der Waals surface area contributed by atoms with Crippen LogP contribution >= 0.6 is 0 Å². The number of rotatable bonds is 5. The van der Waals surface area contributed by atoms with Gasteiger partial charge in [0, 0.05) is 13.7 Å². The predicted octanol–water partition coefficient (Wildman–Crippen LogP) is 2.81. The standard InChI is InChI=1S/C13H27NO/c1-11(2)12-4-6-13(10-14,7-5-12)8-9-15-3/h11-12H,4-10,14H2,1-3H3. The maximum Gasteiger partial charge on any atom is 0.0468 e. The molecule has 0 aliphatic heterocycles. The number of hydrogen-bond donors (Lipinski definition) is 1. The number of ether oxygens (including phenoxy) is 1. The second kappa shape index (κ2) is 5.86. The highest BCUT2D eigenvalue weighted by atomic mass is 16.5. The third-order valence-electron chi connectivity index (χ3n) is 4.30. The van der Waals surface area contributed by atoms with Crippen LogP contribution in [0.3, 0.4) is 0 Å². The fourth-order valence-electron chi connectivity index (χ4n) is 2.79. The number of hydrogen-bond acceptors (Lipinski definition) is 2. The van der Waals surface area contributed by atoms with E-state index in [1.54, 1.807) is 7.11 Å². The molecule has 0 bridgehead atoms. The van der Waals surface area contributed by atoms with E-state index < -0.39 is 0 Å². The Balaban J connectivity index is 2.43. The quantitative estimate of drug-likeness (QED) is 0.762. The zero-order valence-corrected chi connectivity index (χ0v) is 10.6. The summed E-state index contributed by atoms with van der Waals surface area (Å²) in [5.74, 6) is 1.76. The van der Waals surface area contributed by atoms with Crippen molar-refractivity contribution in [3.05, 3.63) is 0 Å². The van der Waals surface area contributed by atoms with E-state index in [-0.39, 0.29) is 0 Å². The van der Waals surface area contributed by atoms with Gasteiger partial charge in [0.25, 0.3) is 0 Å². The van der Waals surface area contributed by atoms with Crippen molar-refractivity contribution in [2.45, 2.75) is 46.0 Å². The summed E-state index contributed by atoms with van der Waals surface area (Å²) in [4.78, 5) is 0. The molecule has 2 heteroatoms. The Labute approximate surface area is 94.6 Å². The Morgan fingerprint density at radius 1 is 1.33 bits per heavy atom. The lowest BCUT2D eigenvalue weighted by Crippen LogP contribution is -2.36. The van der Waals surface area contributed by atoms with Gasteiger partial charge in [0.2, 0.25) is 0 Å². The molecule has 90 valence electrons. The Morgan fingerprint density at radius 2 is 1.93 bits per heavy atom. The summed E-state index contributed by atoms with van der Waals surface area (Å²) in [5, 5.41) is 0. The van der Waals surface area contributed by atoms with Crippen molar-refractivity contribution in [1.82, 2.24) is 0 Å². The summed E-state index contributed by atoms with van der Waals surface area (Å²) in [5.41, 5.74) is 6.34. The van der Waals surface area contributed by atoms with Crippen molar-refractivity contribution in [3.63, 3.8) is 0 Å². The lowest BCUT2D eigenvalue weighted by atomic mass is 9.66. The molecule has 2 N–H and O–H groups in total. The van der Waals surface area contributed by atoms with Crippen molar-refractivity contribution in [1.29, 1.82) is 0 Å². The molecule has 0 spiro atoms. The Morgan fingerprint density at radius 3 is 2.33 bits per heavy atom. The Hall–Kier alpha value is -0.0800. The van der Waals surface area contributed by atoms with Crippen LogP contribution in [0.1, 0.15) is 46.0 Å². The van der Waals surface area contributed by atoms with Gasteiger partial charge in [-0.3, -0.25) is 0 Å². The van der Waals surface area contributed by atoms with Crippen LogP contribution in [0.4, 0.5) is 0 Å². The SMILES string of the molecule is COCCC1(CN)CCC(C(C)C)CC1. The van der Waals surface area contributed by atoms with Crippen molar-refractivity contribution in [3.8, 4) is 0 Å². The molecule has 2 nitrogen and oxygen atoms in total. The highest BCUT2D eigenvalue weighted by Crippen LogP contribution is 2.42.